The second-order valence-electron chi connectivity index (χ2n) is 8.65. The van der Waals surface area contributed by atoms with Crippen molar-refractivity contribution in [3.63, 3.8) is 0 Å². The maximum Gasteiger partial charge on any atom is 0.0670 e. The third kappa shape index (κ3) is 5.42. The first kappa shape index (κ1) is 22.9. The van der Waals surface area contributed by atoms with Gasteiger partial charge in [-0.1, -0.05) is 70.8 Å². The highest BCUT2D eigenvalue weighted by Crippen LogP contribution is 2.50. The molecule has 3 fully saturated rings. The molecule has 2 saturated carbocycles. The van der Waals surface area contributed by atoms with Gasteiger partial charge in [0.15, 0.2) is 0 Å². The van der Waals surface area contributed by atoms with Gasteiger partial charge in [-0.15, -0.1) is 0 Å². The lowest BCUT2D eigenvalue weighted by atomic mass is 9.99. The summed E-state index contributed by atoms with van der Waals surface area (Å²) in [5, 5.41) is 14.5. The molecule has 1 saturated heterocycles. The number of rotatable bonds is 5. The third-order valence-electron chi connectivity index (χ3n) is 7.29. The van der Waals surface area contributed by atoms with E-state index >= 15 is 0 Å². The van der Waals surface area contributed by atoms with Crippen LogP contribution in [0.1, 0.15) is 77.0 Å². The van der Waals surface area contributed by atoms with Crippen LogP contribution in [0.4, 0.5) is 0 Å². The zero-order valence-corrected chi connectivity index (χ0v) is 18.7. The van der Waals surface area contributed by atoms with Gasteiger partial charge in [-0.2, -0.15) is 27.0 Å². The van der Waals surface area contributed by atoms with Gasteiger partial charge in [-0.05, 0) is 36.5 Å². The monoisotopic (exact) mass is 391 g/mol. The fourth-order valence-corrected chi connectivity index (χ4v) is 11.8. The average molecular weight is 392 g/mol. The van der Waals surface area contributed by atoms with Crippen LogP contribution in [0.3, 0.4) is 0 Å². The molecule has 0 aromatic carbocycles. The van der Waals surface area contributed by atoms with E-state index in [1.165, 1.54) is 83.1 Å². The summed E-state index contributed by atoms with van der Waals surface area (Å²) in [5.74, 6) is 0. The normalized spacial score (nSPS) is 28.0. The molecule has 2 nitrogen and oxygen atoms in total. The van der Waals surface area contributed by atoms with Crippen LogP contribution in [0.5, 0.6) is 0 Å². The van der Waals surface area contributed by atoms with Crippen molar-refractivity contribution in [3.8, 4) is 0 Å². The molecule has 0 amide bonds. The SMILES string of the molecule is C[Si](C[C@@H](O)[C@@H]1CCCN1)(C1CCCCC1)C1CCCCC1.S.S. The molecule has 3 aliphatic rings. The van der Waals surface area contributed by atoms with Crippen molar-refractivity contribution in [1.82, 2.24) is 5.32 Å². The van der Waals surface area contributed by atoms with Crippen molar-refractivity contribution in [3.05, 3.63) is 0 Å². The number of hydrogen-bond donors (Lipinski definition) is 2. The highest BCUT2D eigenvalue weighted by Gasteiger charge is 2.45. The van der Waals surface area contributed by atoms with Gasteiger partial charge < -0.3 is 10.4 Å². The molecule has 2 aliphatic carbocycles. The summed E-state index contributed by atoms with van der Waals surface area (Å²) in [4.78, 5) is 0. The van der Waals surface area contributed by atoms with Crippen molar-refractivity contribution >= 4 is 35.1 Å². The van der Waals surface area contributed by atoms with Gasteiger partial charge in [0.1, 0.15) is 0 Å². The lowest BCUT2D eigenvalue weighted by molar-refractivity contribution is 0.151. The summed E-state index contributed by atoms with van der Waals surface area (Å²) in [5.41, 5.74) is 2.00. The first-order valence-corrected chi connectivity index (χ1v) is 13.0. The Balaban J connectivity index is 0.00000144. The van der Waals surface area contributed by atoms with Crippen molar-refractivity contribution < 1.29 is 5.11 Å². The maximum absolute atomic E-state index is 10.9. The molecule has 0 unspecified atom stereocenters. The van der Waals surface area contributed by atoms with E-state index in [0.717, 1.165) is 17.6 Å². The minimum Gasteiger partial charge on any atom is -0.392 e. The van der Waals surface area contributed by atoms with Gasteiger partial charge in [-0.3, -0.25) is 0 Å². The van der Waals surface area contributed by atoms with Crippen LogP contribution in [0, 0.1) is 0 Å². The van der Waals surface area contributed by atoms with E-state index in [9.17, 15) is 5.11 Å². The van der Waals surface area contributed by atoms with Crippen LogP contribution in [0.25, 0.3) is 0 Å². The Morgan fingerprint density at radius 2 is 1.33 bits per heavy atom. The molecule has 0 aromatic rings. The zero-order chi connectivity index (χ0) is 15.4. The Morgan fingerprint density at radius 3 is 1.75 bits per heavy atom. The van der Waals surface area contributed by atoms with Crippen LogP contribution >= 0.6 is 27.0 Å². The molecule has 3 rings (SSSR count). The maximum atomic E-state index is 10.9. The highest BCUT2D eigenvalue weighted by molar-refractivity contribution is 7.59. The third-order valence-corrected chi connectivity index (χ3v) is 13.5. The van der Waals surface area contributed by atoms with Crippen LogP contribution < -0.4 is 5.32 Å². The van der Waals surface area contributed by atoms with Gasteiger partial charge in [0, 0.05) is 6.04 Å². The number of nitrogens with one attached hydrogen (secondary N) is 1. The first-order chi connectivity index (χ1) is 10.7. The van der Waals surface area contributed by atoms with Crippen molar-refractivity contribution in [1.29, 1.82) is 0 Å². The summed E-state index contributed by atoms with van der Waals surface area (Å²) < 4.78 is 0. The van der Waals surface area contributed by atoms with Crippen LogP contribution in [0.2, 0.25) is 23.7 Å². The topological polar surface area (TPSA) is 32.3 Å². The second-order valence-corrected chi connectivity index (χ2v) is 13.7. The van der Waals surface area contributed by atoms with E-state index in [2.05, 4.69) is 11.9 Å². The van der Waals surface area contributed by atoms with E-state index in [1.807, 2.05) is 0 Å². The molecule has 2 N–H and O–H groups in total. The number of aliphatic hydroxyl groups excluding tert-OH is 1. The summed E-state index contributed by atoms with van der Waals surface area (Å²) in [6.45, 7) is 3.81. The molecular formula is C19H41NOS2Si. The van der Waals surface area contributed by atoms with E-state index < -0.39 is 8.07 Å². The smallest absolute Gasteiger partial charge is 0.0670 e. The Bertz CT molecular complexity index is 322. The molecule has 0 bridgehead atoms. The number of aliphatic hydroxyl groups is 1. The summed E-state index contributed by atoms with van der Waals surface area (Å²) in [7, 11) is -1.37. The fourth-order valence-electron chi connectivity index (χ4n) is 5.82. The van der Waals surface area contributed by atoms with Gasteiger partial charge in [0.25, 0.3) is 0 Å². The van der Waals surface area contributed by atoms with Gasteiger partial charge in [0.2, 0.25) is 0 Å². The lowest BCUT2D eigenvalue weighted by Gasteiger charge is -2.47. The molecule has 5 heteroatoms. The first-order valence-electron chi connectivity index (χ1n) is 10.1. The molecule has 1 heterocycles. The van der Waals surface area contributed by atoms with Crippen molar-refractivity contribution in [2.45, 2.75) is 113 Å². The van der Waals surface area contributed by atoms with Crippen LogP contribution in [-0.2, 0) is 0 Å². The predicted molar refractivity (Wildman–Crippen MR) is 118 cm³/mol. The van der Waals surface area contributed by atoms with Gasteiger partial charge >= 0.3 is 0 Å². The largest absolute Gasteiger partial charge is 0.392 e. The Labute approximate surface area is 164 Å². The standard InChI is InChI=1S/C19H37NOSi.2H2S/c1-22(16-9-4-2-5-10-16,17-11-6-3-7-12-17)15-19(21)18-13-8-14-20-18;;/h16-21H,2-15H2,1H3;2*1H2/t18-,19+;;/m0../s1. The molecule has 0 radical (unpaired) electrons. The zero-order valence-electron chi connectivity index (χ0n) is 15.7. The lowest BCUT2D eigenvalue weighted by Crippen LogP contribution is -2.49. The van der Waals surface area contributed by atoms with E-state index in [0.29, 0.717) is 6.04 Å². The average Bonchev–Trinajstić information content (AvgIpc) is 3.11. The van der Waals surface area contributed by atoms with E-state index in [4.69, 9.17) is 0 Å². The number of hydrogen-bond acceptors (Lipinski definition) is 2. The Morgan fingerprint density at radius 1 is 0.833 bits per heavy atom. The van der Waals surface area contributed by atoms with Crippen LogP contribution in [0.15, 0.2) is 0 Å². The molecule has 2 atom stereocenters. The molecule has 24 heavy (non-hydrogen) atoms. The highest BCUT2D eigenvalue weighted by atomic mass is 32.1. The summed E-state index contributed by atoms with van der Waals surface area (Å²) in [6, 6.07) is 1.58. The van der Waals surface area contributed by atoms with Crippen LogP contribution in [-0.4, -0.2) is 31.9 Å². The van der Waals surface area contributed by atoms with Gasteiger partial charge in [0.05, 0.1) is 14.2 Å². The quantitative estimate of drug-likeness (QED) is 0.641. The molecular weight excluding hydrogens is 350 g/mol. The van der Waals surface area contributed by atoms with E-state index in [1.54, 1.807) is 0 Å². The Hall–Kier alpha value is 0.837. The van der Waals surface area contributed by atoms with Crippen molar-refractivity contribution in [2.75, 3.05) is 6.54 Å². The molecule has 144 valence electrons. The van der Waals surface area contributed by atoms with E-state index in [-0.39, 0.29) is 33.1 Å². The predicted octanol–water partition coefficient (Wildman–Crippen LogP) is 5.07. The summed E-state index contributed by atoms with van der Waals surface area (Å²) >= 11 is 0. The fraction of sp³-hybridized carbons (Fsp3) is 1.00. The Kier molecular flexibility index (Phi) is 10.3. The van der Waals surface area contributed by atoms with Gasteiger partial charge in [-0.25, -0.2) is 0 Å². The second kappa shape index (κ2) is 10.9. The minimum absolute atomic E-state index is 0. The minimum atomic E-state index is -1.37. The van der Waals surface area contributed by atoms with Crippen molar-refractivity contribution in [2.24, 2.45) is 0 Å². The molecule has 0 spiro atoms. The summed E-state index contributed by atoms with van der Waals surface area (Å²) in [6.07, 6.45) is 17.0. The molecule has 1 aliphatic heterocycles. The molecule has 0 aromatic heterocycles.